The van der Waals surface area contributed by atoms with Gasteiger partial charge in [0.2, 0.25) is 26.0 Å². The fourth-order valence-electron chi connectivity index (χ4n) is 2.73. The fraction of sp³-hybridized carbons (Fsp3) is 0.316. The molecule has 1 atom stereocenters. The zero-order valence-corrected chi connectivity index (χ0v) is 18.7. The van der Waals surface area contributed by atoms with Crippen molar-refractivity contribution in [2.75, 3.05) is 25.7 Å². The van der Waals surface area contributed by atoms with Crippen molar-refractivity contribution in [1.29, 1.82) is 0 Å². The van der Waals surface area contributed by atoms with Crippen LogP contribution in [0, 0.1) is 6.92 Å². The third-order valence-corrected chi connectivity index (χ3v) is 6.45. The summed E-state index contributed by atoms with van der Waals surface area (Å²) in [5.74, 6) is 0.119. The molecule has 0 saturated heterocycles. The lowest BCUT2D eigenvalue weighted by atomic mass is 10.0. The maximum absolute atomic E-state index is 12.7. The van der Waals surface area contributed by atoms with E-state index < -0.39 is 32.0 Å². The summed E-state index contributed by atoms with van der Waals surface area (Å²) in [6.45, 7) is 1.72. The summed E-state index contributed by atoms with van der Waals surface area (Å²) in [5.41, 5.74) is 1.57. The SMILES string of the molecule is CNS(=O)(=O)c1ccc(C)c(NC(=O)CC(NS(C)(=O)=O)c2ccc(OC)cc2)c1. The number of carbonyl (C=O) groups excluding carboxylic acids is 1. The molecule has 0 aliphatic heterocycles. The monoisotopic (exact) mass is 455 g/mol. The summed E-state index contributed by atoms with van der Waals surface area (Å²) in [6, 6.07) is 10.2. The first-order valence-electron chi connectivity index (χ1n) is 8.90. The van der Waals surface area contributed by atoms with Crippen LogP contribution in [0.3, 0.4) is 0 Å². The first-order valence-corrected chi connectivity index (χ1v) is 12.3. The highest BCUT2D eigenvalue weighted by molar-refractivity contribution is 7.89. The third-order valence-electron chi connectivity index (χ3n) is 4.33. The molecule has 0 fully saturated rings. The predicted molar refractivity (Wildman–Crippen MR) is 114 cm³/mol. The number of benzene rings is 2. The molecule has 0 radical (unpaired) electrons. The van der Waals surface area contributed by atoms with E-state index in [4.69, 9.17) is 4.74 Å². The fourth-order valence-corrected chi connectivity index (χ4v) is 4.22. The molecule has 2 aromatic carbocycles. The second kappa shape index (κ2) is 9.56. The molecule has 0 spiro atoms. The van der Waals surface area contributed by atoms with E-state index in [1.165, 1.54) is 26.3 Å². The normalized spacial score (nSPS) is 12.9. The van der Waals surface area contributed by atoms with Crippen molar-refractivity contribution in [1.82, 2.24) is 9.44 Å². The minimum atomic E-state index is -3.67. The average molecular weight is 456 g/mol. The summed E-state index contributed by atoms with van der Waals surface area (Å²) < 4.78 is 57.3. The van der Waals surface area contributed by atoms with Crippen molar-refractivity contribution in [2.24, 2.45) is 0 Å². The molecule has 2 aromatic rings. The molecule has 1 amide bonds. The zero-order chi connectivity index (χ0) is 22.5. The van der Waals surface area contributed by atoms with E-state index in [-0.39, 0.29) is 11.3 Å². The van der Waals surface area contributed by atoms with Crippen LogP contribution in [0.4, 0.5) is 5.69 Å². The Morgan fingerprint density at radius 1 is 1.07 bits per heavy atom. The van der Waals surface area contributed by atoms with E-state index in [0.29, 0.717) is 22.6 Å². The van der Waals surface area contributed by atoms with Gasteiger partial charge in [-0.2, -0.15) is 0 Å². The van der Waals surface area contributed by atoms with Gasteiger partial charge in [-0.25, -0.2) is 26.3 Å². The van der Waals surface area contributed by atoms with E-state index >= 15 is 0 Å². The Morgan fingerprint density at radius 3 is 2.23 bits per heavy atom. The van der Waals surface area contributed by atoms with Crippen LogP contribution in [-0.2, 0) is 24.8 Å². The number of aryl methyl sites for hydroxylation is 1. The van der Waals surface area contributed by atoms with Crippen molar-refractivity contribution in [2.45, 2.75) is 24.3 Å². The number of nitrogens with one attached hydrogen (secondary N) is 3. The molecule has 11 heteroatoms. The molecular weight excluding hydrogens is 430 g/mol. The molecule has 30 heavy (non-hydrogen) atoms. The molecule has 164 valence electrons. The topological polar surface area (TPSA) is 131 Å². The van der Waals surface area contributed by atoms with Crippen LogP contribution in [0.2, 0.25) is 0 Å². The van der Waals surface area contributed by atoms with Crippen molar-refractivity contribution in [3.05, 3.63) is 53.6 Å². The van der Waals surface area contributed by atoms with E-state index in [1.54, 1.807) is 37.3 Å². The number of anilines is 1. The highest BCUT2D eigenvalue weighted by Gasteiger charge is 2.21. The van der Waals surface area contributed by atoms with Crippen molar-refractivity contribution >= 4 is 31.6 Å². The number of hydrogen-bond donors (Lipinski definition) is 3. The maximum Gasteiger partial charge on any atom is 0.240 e. The smallest absolute Gasteiger partial charge is 0.240 e. The van der Waals surface area contributed by atoms with Crippen molar-refractivity contribution in [3.63, 3.8) is 0 Å². The Morgan fingerprint density at radius 2 is 1.70 bits per heavy atom. The minimum Gasteiger partial charge on any atom is -0.497 e. The molecule has 0 saturated carbocycles. The molecular formula is C19H25N3O6S2. The summed E-state index contributed by atoms with van der Waals surface area (Å²) in [5, 5.41) is 2.66. The Bertz CT molecular complexity index is 1110. The van der Waals surface area contributed by atoms with Gasteiger partial charge in [0.15, 0.2) is 0 Å². The van der Waals surface area contributed by atoms with Gasteiger partial charge in [0.25, 0.3) is 0 Å². The van der Waals surface area contributed by atoms with Crippen LogP contribution in [0.1, 0.15) is 23.6 Å². The van der Waals surface area contributed by atoms with Crippen LogP contribution < -0.4 is 19.5 Å². The van der Waals surface area contributed by atoms with Crippen LogP contribution in [0.25, 0.3) is 0 Å². The molecule has 1 unspecified atom stereocenters. The number of ether oxygens (including phenoxy) is 1. The van der Waals surface area contributed by atoms with E-state index in [0.717, 1.165) is 6.26 Å². The largest absolute Gasteiger partial charge is 0.497 e. The van der Waals surface area contributed by atoms with Crippen LogP contribution in [-0.4, -0.2) is 43.2 Å². The number of rotatable bonds is 9. The predicted octanol–water partition coefficient (Wildman–Crippen LogP) is 1.53. The van der Waals surface area contributed by atoms with Crippen LogP contribution >= 0.6 is 0 Å². The number of methoxy groups -OCH3 is 1. The lowest BCUT2D eigenvalue weighted by Gasteiger charge is -2.19. The molecule has 3 N–H and O–H groups in total. The Balaban J connectivity index is 2.26. The van der Waals surface area contributed by atoms with E-state index in [2.05, 4.69) is 14.8 Å². The first-order chi connectivity index (χ1) is 13.9. The van der Waals surface area contributed by atoms with Gasteiger partial charge >= 0.3 is 0 Å². The Hall–Kier alpha value is -2.47. The molecule has 0 heterocycles. The highest BCUT2D eigenvalue weighted by Crippen LogP contribution is 2.24. The lowest BCUT2D eigenvalue weighted by molar-refractivity contribution is -0.116. The Kier molecular flexibility index (Phi) is 7.59. The van der Waals surface area contributed by atoms with E-state index in [1.807, 2.05) is 0 Å². The van der Waals surface area contributed by atoms with Crippen molar-refractivity contribution < 1.29 is 26.4 Å². The van der Waals surface area contributed by atoms with E-state index in [9.17, 15) is 21.6 Å². The van der Waals surface area contributed by atoms with Gasteiger partial charge < -0.3 is 10.1 Å². The van der Waals surface area contributed by atoms with Crippen molar-refractivity contribution in [3.8, 4) is 5.75 Å². The van der Waals surface area contributed by atoms with Gasteiger partial charge in [0.05, 0.1) is 24.3 Å². The van der Waals surface area contributed by atoms with Gasteiger partial charge in [0.1, 0.15) is 5.75 Å². The van der Waals surface area contributed by atoms with Gasteiger partial charge in [-0.1, -0.05) is 18.2 Å². The van der Waals surface area contributed by atoms with Crippen LogP contribution in [0.15, 0.2) is 47.4 Å². The maximum atomic E-state index is 12.7. The number of sulfonamides is 2. The number of amides is 1. The van der Waals surface area contributed by atoms with Gasteiger partial charge in [-0.15, -0.1) is 0 Å². The molecule has 0 bridgehead atoms. The first kappa shape index (κ1) is 23.8. The lowest BCUT2D eigenvalue weighted by Crippen LogP contribution is -2.30. The summed E-state index contributed by atoms with van der Waals surface area (Å²) in [6.07, 6.45) is 0.819. The molecule has 2 rings (SSSR count). The second-order valence-electron chi connectivity index (χ2n) is 6.65. The molecule has 0 aliphatic carbocycles. The van der Waals surface area contributed by atoms with Gasteiger partial charge in [-0.3, -0.25) is 4.79 Å². The standard InChI is InChI=1S/C19H25N3O6S2/c1-13-5-10-16(30(26,27)20-2)11-17(13)21-19(23)12-18(22-29(4,24)25)14-6-8-15(28-3)9-7-14/h5-11,18,20,22H,12H2,1-4H3,(H,21,23). The number of carbonyl (C=O) groups is 1. The average Bonchev–Trinajstić information content (AvgIpc) is 2.68. The van der Waals surface area contributed by atoms with Gasteiger partial charge in [-0.05, 0) is 49.4 Å². The molecule has 0 aliphatic rings. The summed E-state index contributed by atoms with van der Waals surface area (Å²) in [4.78, 5) is 12.7. The summed E-state index contributed by atoms with van der Waals surface area (Å²) in [7, 11) is -4.46. The zero-order valence-electron chi connectivity index (χ0n) is 17.1. The van der Waals surface area contributed by atoms with Gasteiger partial charge in [0, 0.05) is 12.1 Å². The quantitative estimate of drug-likeness (QED) is 0.526. The Labute approximate surface area is 176 Å². The highest BCUT2D eigenvalue weighted by atomic mass is 32.2. The molecule has 0 aromatic heterocycles. The van der Waals surface area contributed by atoms with Crippen LogP contribution in [0.5, 0.6) is 5.75 Å². The second-order valence-corrected chi connectivity index (χ2v) is 10.3. The molecule has 9 nitrogen and oxygen atoms in total. The number of hydrogen-bond acceptors (Lipinski definition) is 6. The third kappa shape index (κ3) is 6.52. The summed E-state index contributed by atoms with van der Waals surface area (Å²) >= 11 is 0. The minimum absolute atomic E-state index is 0.00636.